The molecule has 2 aromatic rings. The van der Waals surface area contributed by atoms with Crippen molar-refractivity contribution < 1.29 is 19.1 Å². The van der Waals surface area contributed by atoms with E-state index < -0.39 is 11.9 Å². The van der Waals surface area contributed by atoms with Gasteiger partial charge in [-0.1, -0.05) is 0 Å². The third-order valence-electron chi connectivity index (χ3n) is 15.9. The molecule has 4 fully saturated rings. The number of rotatable bonds is 23. The minimum atomic E-state index is -0.488. The summed E-state index contributed by atoms with van der Waals surface area (Å²) >= 11 is 0. The number of esters is 2. The largest absolute Gasteiger partial charge is 0.464 e. The molecular formula is C58H106N16O4. The van der Waals surface area contributed by atoms with Gasteiger partial charge in [0.1, 0.15) is 13.2 Å². The fraction of sp³-hybridized carbons (Fsp3) is 0.862. The molecule has 2 aromatic heterocycles. The first-order valence-electron chi connectivity index (χ1n) is 29.6. The number of hydrogen-bond acceptors (Lipinski definition) is 20. The van der Waals surface area contributed by atoms with Crippen molar-refractivity contribution in [1.82, 2.24) is 51.2 Å². The molecule has 4 saturated heterocycles. The lowest BCUT2D eigenvalue weighted by Gasteiger charge is -2.50. The summed E-state index contributed by atoms with van der Waals surface area (Å²) in [7, 11) is 0. The Bertz CT molecular complexity index is 1990. The van der Waals surface area contributed by atoms with E-state index in [1.165, 1.54) is 0 Å². The van der Waals surface area contributed by atoms with Crippen LogP contribution in [0.5, 0.6) is 0 Å². The zero-order valence-corrected chi connectivity index (χ0v) is 52.1. The predicted molar refractivity (Wildman–Crippen MR) is 317 cm³/mol. The summed E-state index contributed by atoms with van der Waals surface area (Å²) in [6.45, 7) is 48.5. The Balaban J connectivity index is 1.07. The number of ether oxygens (including phenoxy) is 2. The van der Waals surface area contributed by atoms with E-state index in [2.05, 4.69) is 190 Å². The summed E-state index contributed by atoms with van der Waals surface area (Å²) < 4.78 is 11.2. The monoisotopic (exact) mass is 1090 g/mol. The maximum Gasteiger partial charge on any atom is 0.306 e. The Morgan fingerprint density at radius 3 is 0.795 bits per heavy atom. The Morgan fingerprint density at radius 2 is 0.603 bits per heavy atom. The highest BCUT2D eigenvalue weighted by molar-refractivity contribution is 5.77. The molecule has 0 saturated carbocycles. The third kappa shape index (κ3) is 17.6. The normalized spacial score (nSPS) is 22.5. The molecule has 442 valence electrons. The van der Waals surface area contributed by atoms with Crippen molar-refractivity contribution in [3.63, 3.8) is 0 Å². The summed E-state index contributed by atoms with van der Waals surface area (Å²) in [5, 5.41) is 22.0. The quantitative estimate of drug-likeness (QED) is 0.0459. The molecule has 0 radical (unpaired) electrons. The lowest BCUT2D eigenvalue weighted by molar-refractivity contribution is -0.149. The first-order chi connectivity index (χ1) is 36.1. The Labute approximate surface area is 470 Å². The Hall–Kier alpha value is -4.40. The first-order valence-corrected chi connectivity index (χ1v) is 29.6. The van der Waals surface area contributed by atoms with E-state index in [1.54, 1.807) is 0 Å². The van der Waals surface area contributed by atoms with Gasteiger partial charge in [0.2, 0.25) is 35.7 Å². The molecule has 78 heavy (non-hydrogen) atoms. The number of nitrogens with zero attached hydrogens (tertiary/aromatic N) is 10. The van der Waals surface area contributed by atoms with Gasteiger partial charge in [-0.3, -0.25) is 9.59 Å². The molecule has 0 unspecified atom stereocenters. The number of carbonyl (C=O) groups is 2. The number of carbonyl (C=O) groups excluding carboxylic acids is 2. The highest BCUT2D eigenvalue weighted by atomic mass is 16.5. The summed E-state index contributed by atoms with van der Waals surface area (Å²) in [4.78, 5) is 65.9. The predicted octanol–water partition coefficient (Wildman–Crippen LogP) is 7.99. The minimum absolute atomic E-state index is 0.0671. The first kappa shape index (κ1) is 62.8. The van der Waals surface area contributed by atoms with Crippen LogP contribution in [0, 0.1) is 0 Å². The molecule has 0 aliphatic carbocycles. The van der Waals surface area contributed by atoms with Crippen LogP contribution in [-0.4, -0.2) is 163 Å². The highest BCUT2D eigenvalue weighted by Gasteiger charge is 2.45. The van der Waals surface area contributed by atoms with E-state index in [9.17, 15) is 9.59 Å². The number of aromatic nitrogens is 6. The van der Waals surface area contributed by atoms with Crippen molar-refractivity contribution in [2.24, 2.45) is 0 Å². The van der Waals surface area contributed by atoms with Gasteiger partial charge in [0, 0.05) is 94.7 Å². The second kappa shape index (κ2) is 24.4. The van der Waals surface area contributed by atoms with Gasteiger partial charge in [0.15, 0.2) is 0 Å². The zero-order valence-electron chi connectivity index (χ0n) is 52.1. The topological polar surface area (TPSA) is 215 Å². The zero-order chi connectivity index (χ0) is 57.9. The average molecular weight is 1090 g/mol. The number of nitrogens with one attached hydrogen (secondary N) is 6. The van der Waals surface area contributed by atoms with E-state index in [0.29, 0.717) is 35.7 Å². The van der Waals surface area contributed by atoms with Gasteiger partial charge in [-0.25, -0.2) is 0 Å². The van der Waals surface area contributed by atoms with Crippen molar-refractivity contribution >= 4 is 47.6 Å². The van der Waals surface area contributed by atoms with Crippen LogP contribution in [0.2, 0.25) is 0 Å². The van der Waals surface area contributed by atoms with E-state index >= 15 is 0 Å². The molecule has 6 rings (SSSR count). The van der Waals surface area contributed by atoms with E-state index in [4.69, 9.17) is 39.4 Å². The summed E-state index contributed by atoms with van der Waals surface area (Å²) in [5.74, 6) is 2.43. The second-order valence-corrected chi connectivity index (χ2v) is 28.3. The van der Waals surface area contributed by atoms with Gasteiger partial charge >= 0.3 is 11.9 Å². The van der Waals surface area contributed by atoms with Gasteiger partial charge in [-0.2, -0.15) is 29.9 Å². The Kier molecular flexibility index (Phi) is 19.6. The molecule has 0 bridgehead atoms. The second-order valence-electron chi connectivity index (χ2n) is 28.3. The number of anilines is 6. The summed E-state index contributed by atoms with van der Waals surface area (Å²) in [5.41, 5.74) is -0.541. The molecule has 0 atom stereocenters. The van der Waals surface area contributed by atoms with Gasteiger partial charge in [-0.15, -0.1) is 0 Å². The van der Waals surface area contributed by atoms with Crippen molar-refractivity contribution in [3.05, 3.63) is 0 Å². The average Bonchev–Trinajstić information content (AvgIpc) is 3.29. The molecule has 6 heterocycles. The van der Waals surface area contributed by atoms with Crippen LogP contribution in [0.3, 0.4) is 0 Å². The van der Waals surface area contributed by atoms with Crippen LogP contribution in [0.25, 0.3) is 0 Å². The lowest BCUT2D eigenvalue weighted by atomic mass is 9.79. The third-order valence-corrected chi connectivity index (χ3v) is 15.9. The maximum absolute atomic E-state index is 13.0. The fourth-order valence-electron chi connectivity index (χ4n) is 14.6. The summed E-state index contributed by atoms with van der Waals surface area (Å²) in [6.07, 6.45) is 7.29. The molecule has 20 nitrogen and oxygen atoms in total. The van der Waals surface area contributed by atoms with E-state index in [1.807, 2.05) is 0 Å². The van der Waals surface area contributed by atoms with Gasteiger partial charge in [0.25, 0.3) is 0 Å². The van der Waals surface area contributed by atoms with Gasteiger partial charge in [0.05, 0.1) is 25.9 Å². The van der Waals surface area contributed by atoms with Gasteiger partial charge in [-0.05, 0) is 190 Å². The van der Waals surface area contributed by atoms with Crippen LogP contribution in [-0.2, 0) is 19.1 Å². The van der Waals surface area contributed by atoms with E-state index in [0.717, 1.165) is 77.5 Å². The highest BCUT2D eigenvalue weighted by Crippen LogP contribution is 2.38. The molecule has 4 aliphatic rings. The van der Waals surface area contributed by atoms with Crippen molar-refractivity contribution in [3.8, 4) is 0 Å². The Morgan fingerprint density at radius 1 is 0.397 bits per heavy atom. The van der Waals surface area contributed by atoms with Crippen molar-refractivity contribution in [1.29, 1.82) is 0 Å². The molecule has 0 aromatic carbocycles. The van der Waals surface area contributed by atoms with Crippen LogP contribution in [0.4, 0.5) is 35.7 Å². The molecule has 0 amide bonds. The fourth-order valence-corrected chi connectivity index (χ4v) is 14.6. The molecule has 20 heteroatoms. The van der Waals surface area contributed by atoms with Crippen LogP contribution < -0.4 is 51.5 Å². The maximum atomic E-state index is 13.0. The lowest BCUT2D eigenvalue weighted by Crippen LogP contribution is -2.62. The minimum Gasteiger partial charge on any atom is -0.464 e. The smallest absolute Gasteiger partial charge is 0.306 e. The summed E-state index contributed by atoms with van der Waals surface area (Å²) in [6, 6.07) is 0.839. The van der Waals surface area contributed by atoms with Crippen LogP contribution in [0.15, 0.2) is 0 Å². The van der Waals surface area contributed by atoms with E-state index in [-0.39, 0.29) is 108 Å². The standard InChI is InChI=1S/C58H106N16O4/c1-21-71(39-31-51(5,6)67-52(7,8)32-39)47-61-45(62-48(65-47)72(22-2)40-33-53(9,10)68-54(11,12)34-40)59-27-29-77-43(75)25-26-44(76)78-30-28-60-46-63-49(73(23-3)41-35-55(13,14)69-56(15,16)36-41)66-50(64-46)74(24-4)42-37-57(17,18)70-58(19,20)38-42/h39-42,67-70H,21-38H2,1-20H3,(H,59,61,62,65)(H,60,63,64,66). The van der Waals surface area contributed by atoms with Crippen molar-refractivity contribution in [2.45, 2.75) is 271 Å². The van der Waals surface area contributed by atoms with Crippen molar-refractivity contribution in [2.75, 3.05) is 82.7 Å². The van der Waals surface area contributed by atoms with Crippen LogP contribution in [0.1, 0.15) is 203 Å². The molecule has 0 spiro atoms. The molecular weight excluding hydrogens is 985 g/mol. The van der Waals surface area contributed by atoms with Gasteiger partial charge < -0.3 is 61.0 Å². The molecule has 4 aliphatic heterocycles. The number of piperidine rings is 4. The number of hydrogen-bond donors (Lipinski definition) is 6. The molecule has 6 N–H and O–H groups in total. The SMILES string of the molecule is CCN(c1nc(NCCOC(=O)CCC(=O)OCCNc2nc(N(CC)C3CC(C)(C)NC(C)(C)C3)nc(N(CC)C3CC(C)(C)NC(C)(C)C3)n2)nc(N(CC)C2CC(C)(C)NC(C)(C)C2)n1)C1CC(C)(C)NC(C)(C)C1. The van der Waals surface area contributed by atoms with Crippen LogP contribution >= 0.6 is 0 Å².